The first-order chi connectivity index (χ1) is 19.5. The van der Waals surface area contributed by atoms with Gasteiger partial charge < -0.3 is 15.0 Å². The van der Waals surface area contributed by atoms with E-state index in [0.717, 1.165) is 29.0 Å². The average Bonchev–Trinajstić information content (AvgIpc) is 2.94. The zero-order chi connectivity index (χ0) is 30.0. The molecule has 0 unspecified atom stereocenters. The number of unbranched alkanes of at least 4 members (excludes halogenated alkanes) is 1. The van der Waals surface area contributed by atoms with Crippen molar-refractivity contribution in [2.45, 2.75) is 38.8 Å². The standard InChI is InChI=1S/C30H35Cl2N3O5S/c1-4-5-17-33-30(37)27(18-22-11-7-6-8-12-22)34(20-23-13-9-10-14-25(23)32)29(36)21-35(41(3,38)39)26-19-24(31)15-16-28(26)40-2/h6-16,19,27H,4-5,17-18,20-21H2,1-3H3,(H,33,37)/t27-/m1/s1. The highest BCUT2D eigenvalue weighted by molar-refractivity contribution is 7.92. The van der Waals surface area contributed by atoms with Crippen molar-refractivity contribution in [3.05, 3.63) is 94.0 Å². The highest BCUT2D eigenvalue weighted by Crippen LogP contribution is 2.33. The Hall–Kier alpha value is -3.27. The molecule has 0 bridgehead atoms. The van der Waals surface area contributed by atoms with Gasteiger partial charge in [-0.15, -0.1) is 0 Å². The average molecular weight is 621 g/mol. The first-order valence-corrected chi connectivity index (χ1v) is 15.8. The van der Waals surface area contributed by atoms with Gasteiger partial charge in [0.05, 0.1) is 19.1 Å². The largest absolute Gasteiger partial charge is 0.495 e. The molecule has 0 fully saturated rings. The molecular formula is C30H35Cl2N3O5S. The molecular weight excluding hydrogens is 585 g/mol. The van der Waals surface area contributed by atoms with Crippen LogP contribution in [0.4, 0.5) is 5.69 Å². The summed E-state index contributed by atoms with van der Waals surface area (Å²) in [5.74, 6) is -0.707. The number of rotatable bonds is 14. The van der Waals surface area contributed by atoms with Gasteiger partial charge in [-0.2, -0.15) is 0 Å². The Labute approximate surface area is 252 Å². The fraction of sp³-hybridized carbons (Fsp3) is 0.333. The fourth-order valence-electron chi connectivity index (χ4n) is 4.32. The molecule has 3 aromatic carbocycles. The van der Waals surface area contributed by atoms with Gasteiger partial charge in [0.15, 0.2) is 0 Å². The Balaban J connectivity index is 2.09. The van der Waals surface area contributed by atoms with Crippen molar-refractivity contribution < 1.29 is 22.7 Å². The summed E-state index contributed by atoms with van der Waals surface area (Å²) in [7, 11) is -2.58. The monoisotopic (exact) mass is 619 g/mol. The molecule has 0 radical (unpaired) electrons. The van der Waals surface area contributed by atoms with Crippen LogP contribution >= 0.6 is 23.2 Å². The van der Waals surface area contributed by atoms with Crippen molar-refractivity contribution in [3.8, 4) is 5.75 Å². The molecule has 0 spiro atoms. The number of hydrogen-bond acceptors (Lipinski definition) is 5. The molecule has 8 nitrogen and oxygen atoms in total. The van der Waals surface area contributed by atoms with Gasteiger partial charge in [-0.1, -0.05) is 85.1 Å². The van der Waals surface area contributed by atoms with Crippen molar-refractivity contribution in [3.63, 3.8) is 0 Å². The smallest absolute Gasteiger partial charge is 0.244 e. The lowest BCUT2D eigenvalue weighted by atomic mass is 10.0. The van der Waals surface area contributed by atoms with Gasteiger partial charge in [0, 0.05) is 29.6 Å². The molecule has 0 heterocycles. The number of carbonyl (C=O) groups excluding carboxylic acids is 2. The normalized spacial score (nSPS) is 11.9. The van der Waals surface area contributed by atoms with Crippen LogP contribution in [0.2, 0.25) is 10.0 Å². The van der Waals surface area contributed by atoms with Crippen molar-refractivity contribution in [2.75, 3.05) is 30.8 Å². The summed E-state index contributed by atoms with van der Waals surface area (Å²) in [6, 6.07) is 19.9. The lowest BCUT2D eigenvalue weighted by Gasteiger charge is -2.34. The topological polar surface area (TPSA) is 96.0 Å². The van der Waals surface area contributed by atoms with Crippen LogP contribution in [0, 0.1) is 0 Å². The Morgan fingerprint density at radius 3 is 2.32 bits per heavy atom. The summed E-state index contributed by atoms with van der Waals surface area (Å²) < 4.78 is 32.3. The minimum atomic E-state index is -3.98. The molecule has 1 N–H and O–H groups in total. The third kappa shape index (κ3) is 9.11. The van der Waals surface area contributed by atoms with Crippen LogP contribution in [0.1, 0.15) is 30.9 Å². The molecule has 0 aliphatic rings. The zero-order valence-electron chi connectivity index (χ0n) is 23.3. The molecule has 0 saturated heterocycles. The summed E-state index contributed by atoms with van der Waals surface area (Å²) in [4.78, 5) is 29.2. The second kappa shape index (κ2) is 15.1. The maximum Gasteiger partial charge on any atom is 0.244 e. The molecule has 0 saturated carbocycles. The molecule has 41 heavy (non-hydrogen) atoms. The maximum atomic E-state index is 14.2. The second-order valence-corrected chi connectivity index (χ2v) is 12.3. The van der Waals surface area contributed by atoms with Gasteiger partial charge in [-0.3, -0.25) is 13.9 Å². The molecule has 0 aliphatic carbocycles. The van der Waals surface area contributed by atoms with Crippen LogP contribution in [-0.4, -0.2) is 57.6 Å². The quantitative estimate of drug-likeness (QED) is 0.246. The number of halogens is 2. The van der Waals surface area contributed by atoms with E-state index in [2.05, 4.69) is 5.32 Å². The highest BCUT2D eigenvalue weighted by Gasteiger charge is 2.34. The number of amides is 2. The van der Waals surface area contributed by atoms with Crippen LogP contribution in [-0.2, 0) is 32.6 Å². The summed E-state index contributed by atoms with van der Waals surface area (Å²) in [5, 5.41) is 3.64. The zero-order valence-corrected chi connectivity index (χ0v) is 25.7. The predicted molar refractivity (Wildman–Crippen MR) is 164 cm³/mol. The van der Waals surface area contributed by atoms with Crippen molar-refractivity contribution in [1.29, 1.82) is 0 Å². The van der Waals surface area contributed by atoms with Crippen LogP contribution in [0.25, 0.3) is 0 Å². The van der Waals surface area contributed by atoms with E-state index < -0.39 is 28.5 Å². The van der Waals surface area contributed by atoms with E-state index in [-0.39, 0.29) is 35.3 Å². The molecule has 2 amide bonds. The van der Waals surface area contributed by atoms with Crippen molar-refractivity contribution >= 4 is 50.7 Å². The minimum Gasteiger partial charge on any atom is -0.495 e. The third-order valence-corrected chi connectivity index (χ3v) is 8.22. The van der Waals surface area contributed by atoms with Gasteiger partial charge in [-0.05, 0) is 41.8 Å². The number of nitrogens with zero attached hydrogens (tertiary/aromatic N) is 2. The van der Waals surface area contributed by atoms with Crippen LogP contribution in [0.15, 0.2) is 72.8 Å². The Morgan fingerprint density at radius 1 is 1.00 bits per heavy atom. The maximum absolute atomic E-state index is 14.2. The molecule has 3 aromatic rings. The lowest BCUT2D eigenvalue weighted by Crippen LogP contribution is -2.53. The van der Waals surface area contributed by atoms with Crippen molar-refractivity contribution in [1.82, 2.24) is 10.2 Å². The first-order valence-electron chi connectivity index (χ1n) is 13.2. The lowest BCUT2D eigenvalue weighted by molar-refractivity contribution is -0.140. The van der Waals surface area contributed by atoms with Gasteiger partial charge in [0.1, 0.15) is 18.3 Å². The van der Waals surface area contributed by atoms with E-state index in [0.29, 0.717) is 17.1 Å². The van der Waals surface area contributed by atoms with Gasteiger partial charge in [0.2, 0.25) is 21.8 Å². The summed E-state index contributed by atoms with van der Waals surface area (Å²) in [5.41, 5.74) is 1.57. The number of sulfonamides is 1. The van der Waals surface area contributed by atoms with Crippen LogP contribution < -0.4 is 14.4 Å². The fourth-order valence-corrected chi connectivity index (χ4v) is 5.53. The molecule has 11 heteroatoms. The number of benzene rings is 3. The Kier molecular flexibility index (Phi) is 11.9. The summed E-state index contributed by atoms with van der Waals surface area (Å²) >= 11 is 12.7. The molecule has 1 atom stereocenters. The van der Waals surface area contributed by atoms with Gasteiger partial charge >= 0.3 is 0 Å². The van der Waals surface area contributed by atoms with E-state index in [4.69, 9.17) is 27.9 Å². The molecule has 220 valence electrons. The number of anilines is 1. The Bertz CT molecular complexity index is 1440. The third-order valence-electron chi connectivity index (χ3n) is 6.49. The molecule has 3 rings (SSSR count). The molecule has 0 aliphatic heterocycles. The minimum absolute atomic E-state index is 0.0124. The van der Waals surface area contributed by atoms with E-state index in [1.807, 2.05) is 37.3 Å². The van der Waals surface area contributed by atoms with Crippen LogP contribution in [0.5, 0.6) is 5.75 Å². The number of nitrogens with one attached hydrogen (secondary N) is 1. The molecule has 0 aromatic heterocycles. The van der Waals surface area contributed by atoms with Gasteiger partial charge in [0.25, 0.3) is 0 Å². The number of carbonyl (C=O) groups is 2. The van der Waals surface area contributed by atoms with E-state index in [1.165, 1.54) is 24.1 Å². The summed E-state index contributed by atoms with van der Waals surface area (Å²) in [6.45, 7) is 1.86. The Morgan fingerprint density at radius 2 is 1.68 bits per heavy atom. The van der Waals surface area contributed by atoms with E-state index in [9.17, 15) is 18.0 Å². The number of ether oxygens (including phenoxy) is 1. The first kappa shape index (κ1) is 32.2. The van der Waals surface area contributed by atoms with Crippen LogP contribution in [0.3, 0.4) is 0 Å². The SMILES string of the molecule is CCCCNC(=O)[C@@H](Cc1ccccc1)N(Cc1ccccc1Cl)C(=O)CN(c1cc(Cl)ccc1OC)S(C)(=O)=O. The number of methoxy groups -OCH3 is 1. The number of hydrogen-bond donors (Lipinski definition) is 1. The van der Waals surface area contributed by atoms with Crippen molar-refractivity contribution in [2.24, 2.45) is 0 Å². The van der Waals surface area contributed by atoms with Gasteiger partial charge in [-0.25, -0.2) is 8.42 Å². The predicted octanol–water partition coefficient (Wildman–Crippen LogP) is 5.32. The second-order valence-electron chi connectivity index (χ2n) is 9.55. The van der Waals surface area contributed by atoms with E-state index in [1.54, 1.807) is 30.3 Å². The van der Waals surface area contributed by atoms with E-state index >= 15 is 0 Å². The highest BCUT2D eigenvalue weighted by atomic mass is 35.5. The summed E-state index contributed by atoms with van der Waals surface area (Å²) in [6.07, 6.45) is 2.88.